The molecule has 0 bridgehead atoms. The van der Waals surface area contributed by atoms with Crippen molar-refractivity contribution in [3.63, 3.8) is 0 Å². The molecule has 0 unspecified atom stereocenters. The van der Waals surface area contributed by atoms with Gasteiger partial charge in [0.15, 0.2) is 5.16 Å². The summed E-state index contributed by atoms with van der Waals surface area (Å²) in [5, 5.41) is 9.75. The predicted molar refractivity (Wildman–Crippen MR) is 83.9 cm³/mol. The maximum atomic E-state index is 13.4. The number of hydrogen-bond donors (Lipinski definition) is 0. The molecular weight excluding hydrogens is 353 g/mol. The highest BCUT2D eigenvalue weighted by molar-refractivity contribution is 9.10. The standard InChI is InChI=1S/C15H15BrFN3S/c16-11-5-9(6-12(17)7-11)8-21-15-19-18-14(10-1-2-10)20(15)13-3-4-13/h5-7,10,13H,1-4,8H2. The molecule has 0 radical (unpaired) electrons. The summed E-state index contributed by atoms with van der Waals surface area (Å²) in [6, 6.07) is 5.61. The van der Waals surface area contributed by atoms with Gasteiger partial charge < -0.3 is 4.57 Å². The molecule has 2 aliphatic rings. The van der Waals surface area contributed by atoms with E-state index < -0.39 is 0 Å². The Morgan fingerprint density at radius 3 is 2.67 bits per heavy atom. The normalized spacial score (nSPS) is 18.2. The van der Waals surface area contributed by atoms with Crippen LogP contribution in [0.5, 0.6) is 0 Å². The van der Waals surface area contributed by atoms with Crippen LogP contribution in [0.4, 0.5) is 4.39 Å². The van der Waals surface area contributed by atoms with Crippen molar-refractivity contribution in [2.45, 2.75) is 48.6 Å². The Kier molecular flexibility index (Phi) is 3.53. The second-order valence-corrected chi connectivity index (χ2v) is 7.64. The number of nitrogens with zero attached hydrogens (tertiary/aromatic N) is 3. The Labute approximate surface area is 135 Å². The van der Waals surface area contributed by atoms with Crippen molar-refractivity contribution >= 4 is 27.7 Å². The number of hydrogen-bond acceptors (Lipinski definition) is 3. The van der Waals surface area contributed by atoms with Gasteiger partial charge in [-0.25, -0.2) is 4.39 Å². The monoisotopic (exact) mass is 367 g/mol. The average Bonchev–Trinajstić information content (AvgIpc) is 3.34. The van der Waals surface area contributed by atoms with Gasteiger partial charge >= 0.3 is 0 Å². The molecule has 2 fully saturated rings. The van der Waals surface area contributed by atoms with E-state index in [1.165, 1.54) is 37.6 Å². The lowest BCUT2D eigenvalue weighted by Crippen LogP contribution is -2.02. The van der Waals surface area contributed by atoms with Crippen LogP contribution in [-0.4, -0.2) is 14.8 Å². The zero-order valence-corrected chi connectivity index (χ0v) is 13.8. The van der Waals surface area contributed by atoms with Crippen LogP contribution in [0.3, 0.4) is 0 Å². The highest BCUT2D eigenvalue weighted by Gasteiger charge is 2.36. The molecule has 0 aliphatic heterocycles. The maximum Gasteiger partial charge on any atom is 0.191 e. The summed E-state index contributed by atoms with van der Waals surface area (Å²) in [5.74, 6) is 2.30. The zero-order chi connectivity index (χ0) is 14.4. The molecule has 1 aromatic heterocycles. The molecule has 0 spiro atoms. The first-order valence-corrected chi connectivity index (χ1v) is 9.01. The Balaban J connectivity index is 1.54. The van der Waals surface area contributed by atoms with Crippen LogP contribution in [0.25, 0.3) is 0 Å². The zero-order valence-electron chi connectivity index (χ0n) is 11.4. The second kappa shape index (κ2) is 5.39. The van der Waals surface area contributed by atoms with Gasteiger partial charge in [0.1, 0.15) is 11.6 Å². The van der Waals surface area contributed by atoms with E-state index in [-0.39, 0.29) is 5.82 Å². The Hall–Kier alpha value is -0.880. The number of thioether (sulfide) groups is 1. The van der Waals surface area contributed by atoms with Gasteiger partial charge in [-0.05, 0) is 49.4 Å². The van der Waals surface area contributed by atoms with Crippen molar-refractivity contribution in [3.05, 3.63) is 39.9 Å². The van der Waals surface area contributed by atoms with Crippen molar-refractivity contribution in [2.75, 3.05) is 0 Å². The van der Waals surface area contributed by atoms with Crippen LogP contribution in [0.1, 0.15) is 49.0 Å². The molecule has 2 aliphatic carbocycles. The summed E-state index contributed by atoms with van der Waals surface area (Å²) in [4.78, 5) is 0. The smallest absolute Gasteiger partial charge is 0.191 e. The van der Waals surface area contributed by atoms with E-state index in [2.05, 4.69) is 30.7 Å². The minimum atomic E-state index is -0.206. The largest absolute Gasteiger partial charge is 0.303 e. The lowest BCUT2D eigenvalue weighted by Gasteiger charge is -2.08. The fraction of sp³-hybridized carbons (Fsp3) is 0.467. The van der Waals surface area contributed by atoms with Crippen molar-refractivity contribution in [1.82, 2.24) is 14.8 Å². The number of aromatic nitrogens is 3. The average molecular weight is 368 g/mol. The quantitative estimate of drug-likeness (QED) is 0.718. The van der Waals surface area contributed by atoms with Crippen LogP contribution >= 0.6 is 27.7 Å². The van der Waals surface area contributed by atoms with E-state index in [0.717, 1.165) is 15.2 Å². The molecule has 2 aromatic rings. The fourth-order valence-electron chi connectivity index (χ4n) is 2.52. The van der Waals surface area contributed by atoms with Crippen LogP contribution in [0, 0.1) is 5.82 Å². The molecule has 0 N–H and O–H groups in total. The summed E-state index contributed by atoms with van der Waals surface area (Å²) in [5.41, 5.74) is 0.963. The van der Waals surface area contributed by atoms with Gasteiger partial charge in [-0.3, -0.25) is 0 Å². The molecule has 21 heavy (non-hydrogen) atoms. The maximum absolute atomic E-state index is 13.4. The predicted octanol–water partition coefficient (Wildman–Crippen LogP) is 4.68. The van der Waals surface area contributed by atoms with E-state index in [4.69, 9.17) is 0 Å². The van der Waals surface area contributed by atoms with Crippen LogP contribution in [0.2, 0.25) is 0 Å². The molecule has 6 heteroatoms. The molecule has 4 rings (SSSR count). The van der Waals surface area contributed by atoms with E-state index in [1.54, 1.807) is 17.8 Å². The Morgan fingerprint density at radius 1 is 1.19 bits per heavy atom. The van der Waals surface area contributed by atoms with Crippen molar-refractivity contribution in [1.29, 1.82) is 0 Å². The Bertz CT molecular complexity index is 659. The molecule has 0 saturated heterocycles. The van der Waals surface area contributed by atoms with Gasteiger partial charge in [0.05, 0.1) is 0 Å². The SMILES string of the molecule is Fc1cc(Br)cc(CSc2nnc(C3CC3)n2C2CC2)c1. The van der Waals surface area contributed by atoms with Crippen LogP contribution in [0.15, 0.2) is 27.8 Å². The third kappa shape index (κ3) is 3.01. The van der Waals surface area contributed by atoms with Gasteiger partial charge in [0.2, 0.25) is 0 Å². The first-order chi connectivity index (χ1) is 10.2. The lowest BCUT2D eigenvalue weighted by atomic mass is 10.2. The molecule has 1 aromatic carbocycles. The van der Waals surface area contributed by atoms with Gasteiger partial charge in [0.25, 0.3) is 0 Å². The minimum absolute atomic E-state index is 0.206. The highest BCUT2D eigenvalue weighted by Crippen LogP contribution is 2.46. The third-order valence-corrected chi connectivity index (χ3v) is 5.31. The topological polar surface area (TPSA) is 30.7 Å². The van der Waals surface area contributed by atoms with Crippen molar-refractivity contribution in [2.24, 2.45) is 0 Å². The summed E-state index contributed by atoms with van der Waals surface area (Å²) in [6.45, 7) is 0. The van der Waals surface area contributed by atoms with Crippen molar-refractivity contribution in [3.8, 4) is 0 Å². The lowest BCUT2D eigenvalue weighted by molar-refractivity contribution is 0.624. The van der Waals surface area contributed by atoms with Crippen molar-refractivity contribution < 1.29 is 4.39 Å². The number of benzene rings is 1. The van der Waals surface area contributed by atoms with Gasteiger partial charge in [-0.1, -0.05) is 27.7 Å². The second-order valence-electron chi connectivity index (χ2n) is 5.78. The van der Waals surface area contributed by atoms with Gasteiger partial charge in [-0.2, -0.15) is 0 Å². The van der Waals surface area contributed by atoms with Crippen LogP contribution < -0.4 is 0 Å². The molecule has 110 valence electrons. The Morgan fingerprint density at radius 2 is 2.00 bits per heavy atom. The van der Waals surface area contributed by atoms with Crippen LogP contribution in [-0.2, 0) is 5.75 Å². The molecule has 2 saturated carbocycles. The first kappa shape index (κ1) is 13.8. The van der Waals surface area contributed by atoms with E-state index in [0.29, 0.717) is 17.7 Å². The van der Waals surface area contributed by atoms with E-state index in [1.807, 2.05) is 6.07 Å². The summed E-state index contributed by atoms with van der Waals surface area (Å²) < 4.78 is 16.5. The highest BCUT2D eigenvalue weighted by atomic mass is 79.9. The molecule has 1 heterocycles. The van der Waals surface area contributed by atoms with E-state index in [9.17, 15) is 4.39 Å². The summed E-state index contributed by atoms with van der Waals surface area (Å²) >= 11 is 4.99. The van der Waals surface area contributed by atoms with Gasteiger partial charge in [-0.15, -0.1) is 10.2 Å². The minimum Gasteiger partial charge on any atom is -0.303 e. The molecule has 0 amide bonds. The molecule has 0 atom stereocenters. The number of rotatable bonds is 5. The first-order valence-electron chi connectivity index (χ1n) is 7.23. The molecular formula is C15H15BrFN3S. The summed E-state index contributed by atoms with van der Waals surface area (Å²) in [6.07, 6.45) is 4.95. The third-order valence-electron chi connectivity index (χ3n) is 3.84. The summed E-state index contributed by atoms with van der Waals surface area (Å²) in [7, 11) is 0. The fourth-order valence-corrected chi connectivity index (χ4v) is 3.98. The molecule has 3 nitrogen and oxygen atoms in total. The van der Waals surface area contributed by atoms with E-state index >= 15 is 0 Å². The van der Waals surface area contributed by atoms with Gasteiger partial charge in [0, 0.05) is 22.2 Å². The number of halogens is 2.